The predicted octanol–water partition coefficient (Wildman–Crippen LogP) is 2.97. The van der Waals surface area contributed by atoms with Crippen LogP contribution in [0.15, 0.2) is 29.2 Å². The van der Waals surface area contributed by atoms with Crippen LogP contribution in [0.4, 0.5) is 5.69 Å². The maximum absolute atomic E-state index is 12.2. The van der Waals surface area contributed by atoms with Gasteiger partial charge in [-0.2, -0.15) is 0 Å². The fraction of sp³-hybridized carbons (Fsp3) is 0.579. The Morgan fingerprint density at radius 2 is 1.84 bits per heavy atom. The minimum Gasteiger partial charge on any atom is -0.352 e. The first-order valence-electron chi connectivity index (χ1n) is 8.90. The lowest BCUT2D eigenvalue weighted by Crippen LogP contribution is -2.46. The lowest BCUT2D eigenvalue weighted by Gasteiger charge is -2.30. The molecule has 2 atom stereocenters. The number of rotatable bonds is 7. The SMILES string of the molecule is CSc1ccccc1NC(=O)CN(C)CC(=O)N[C@H]1CCCC[C@H]1C. The Balaban J connectivity index is 1.77. The summed E-state index contributed by atoms with van der Waals surface area (Å²) in [5, 5.41) is 6.05. The van der Waals surface area contributed by atoms with Gasteiger partial charge in [-0.1, -0.05) is 31.9 Å². The van der Waals surface area contributed by atoms with Crippen molar-refractivity contribution in [2.45, 2.75) is 43.5 Å². The van der Waals surface area contributed by atoms with Gasteiger partial charge in [0.05, 0.1) is 18.8 Å². The highest BCUT2D eigenvalue weighted by atomic mass is 32.2. The number of para-hydroxylation sites is 1. The lowest BCUT2D eigenvalue weighted by molar-refractivity contribution is -0.124. The molecular weight excluding hydrogens is 334 g/mol. The van der Waals surface area contributed by atoms with E-state index >= 15 is 0 Å². The molecule has 1 aliphatic carbocycles. The monoisotopic (exact) mass is 363 g/mol. The Morgan fingerprint density at radius 1 is 1.16 bits per heavy atom. The number of anilines is 1. The van der Waals surface area contributed by atoms with Crippen molar-refractivity contribution in [3.05, 3.63) is 24.3 Å². The number of hydrogen-bond acceptors (Lipinski definition) is 4. The fourth-order valence-corrected chi connectivity index (χ4v) is 3.82. The Kier molecular flexibility index (Phi) is 7.78. The quantitative estimate of drug-likeness (QED) is 0.731. The molecule has 0 saturated heterocycles. The second-order valence-corrected chi connectivity index (χ2v) is 7.70. The Morgan fingerprint density at radius 3 is 2.56 bits per heavy atom. The zero-order valence-corrected chi connectivity index (χ0v) is 16.2. The minimum absolute atomic E-state index is 0.00133. The zero-order valence-electron chi connectivity index (χ0n) is 15.4. The van der Waals surface area contributed by atoms with Crippen molar-refractivity contribution in [2.75, 3.05) is 31.7 Å². The normalized spacial score (nSPS) is 20.3. The highest BCUT2D eigenvalue weighted by Crippen LogP contribution is 2.25. The molecule has 0 heterocycles. The summed E-state index contributed by atoms with van der Waals surface area (Å²) >= 11 is 1.59. The van der Waals surface area contributed by atoms with Crippen molar-refractivity contribution in [3.8, 4) is 0 Å². The molecule has 0 unspecified atom stereocenters. The fourth-order valence-electron chi connectivity index (χ4n) is 3.27. The van der Waals surface area contributed by atoms with Crippen LogP contribution in [0.25, 0.3) is 0 Å². The molecular formula is C19H29N3O2S. The average molecular weight is 364 g/mol. The van der Waals surface area contributed by atoms with Crippen molar-refractivity contribution in [1.82, 2.24) is 10.2 Å². The summed E-state index contributed by atoms with van der Waals surface area (Å²) in [5.41, 5.74) is 0.814. The van der Waals surface area contributed by atoms with Gasteiger partial charge in [0.15, 0.2) is 0 Å². The minimum atomic E-state index is -0.108. The number of hydrogen-bond donors (Lipinski definition) is 2. The first-order chi connectivity index (χ1) is 12.0. The van der Waals surface area contributed by atoms with E-state index in [1.807, 2.05) is 30.5 Å². The van der Waals surface area contributed by atoms with E-state index in [9.17, 15) is 9.59 Å². The molecule has 1 aromatic rings. The number of likely N-dealkylation sites (N-methyl/N-ethyl adjacent to an activating group) is 1. The third-order valence-corrected chi connectivity index (χ3v) is 5.46. The summed E-state index contributed by atoms with van der Waals surface area (Å²) in [6.07, 6.45) is 6.65. The van der Waals surface area contributed by atoms with Gasteiger partial charge in [0.25, 0.3) is 0 Å². The van der Waals surface area contributed by atoms with E-state index in [4.69, 9.17) is 0 Å². The van der Waals surface area contributed by atoms with Gasteiger partial charge in [-0.15, -0.1) is 11.8 Å². The molecule has 138 valence electrons. The summed E-state index contributed by atoms with van der Waals surface area (Å²) in [5.74, 6) is 0.427. The van der Waals surface area contributed by atoms with Gasteiger partial charge in [0, 0.05) is 10.9 Å². The molecule has 2 rings (SSSR count). The van der Waals surface area contributed by atoms with Gasteiger partial charge in [-0.3, -0.25) is 14.5 Å². The highest BCUT2D eigenvalue weighted by molar-refractivity contribution is 7.98. The summed E-state index contributed by atoms with van der Waals surface area (Å²) in [4.78, 5) is 27.2. The van der Waals surface area contributed by atoms with E-state index in [1.54, 1.807) is 23.7 Å². The van der Waals surface area contributed by atoms with Gasteiger partial charge in [-0.25, -0.2) is 0 Å². The molecule has 6 heteroatoms. The first-order valence-corrected chi connectivity index (χ1v) is 10.1. The van der Waals surface area contributed by atoms with Crippen molar-refractivity contribution in [1.29, 1.82) is 0 Å². The molecule has 0 radical (unpaired) electrons. The topological polar surface area (TPSA) is 61.4 Å². The van der Waals surface area contributed by atoms with E-state index in [0.717, 1.165) is 17.0 Å². The third-order valence-electron chi connectivity index (χ3n) is 4.67. The molecule has 0 bridgehead atoms. The number of nitrogens with zero attached hydrogens (tertiary/aromatic N) is 1. The smallest absolute Gasteiger partial charge is 0.238 e. The van der Waals surface area contributed by atoms with Crippen molar-refractivity contribution < 1.29 is 9.59 Å². The Hall–Kier alpha value is -1.53. The van der Waals surface area contributed by atoms with Gasteiger partial charge in [0.1, 0.15) is 0 Å². The maximum Gasteiger partial charge on any atom is 0.238 e. The van der Waals surface area contributed by atoms with Crippen LogP contribution < -0.4 is 10.6 Å². The largest absolute Gasteiger partial charge is 0.352 e. The maximum atomic E-state index is 12.2. The molecule has 25 heavy (non-hydrogen) atoms. The number of carbonyl (C=O) groups excluding carboxylic acids is 2. The van der Waals surface area contributed by atoms with Crippen LogP contribution in [-0.2, 0) is 9.59 Å². The van der Waals surface area contributed by atoms with E-state index in [1.165, 1.54) is 19.3 Å². The summed E-state index contributed by atoms with van der Waals surface area (Å²) < 4.78 is 0. The number of nitrogens with one attached hydrogen (secondary N) is 2. The van der Waals surface area contributed by atoms with Crippen LogP contribution >= 0.6 is 11.8 Å². The van der Waals surface area contributed by atoms with Gasteiger partial charge in [-0.05, 0) is 44.2 Å². The van der Waals surface area contributed by atoms with Crippen LogP contribution in [0.3, 0.4) is 0 Å². The van der Waals surface area contributed by atoms with Crippen LogP contribution in [0, 0.1) is 5.92 Å². The van der Waals surface area contributed by atoms with Crippen LogP contribution in [0.1, 0.15) is 32.6 Å². The summed E-state index contributed by atoms with van der Waals surface area (Å²) in [6, 6.07) is 7.99. The van der Waals surface area contributed by atoms with E-state index < -0.39 is 0 Å². The molecule has 5 nitrogen and oxygen atoms in total. The van der Waals surface area contributed by atoms with Gasteiger partial charge >= 0.3 is 0 Å². The van der Waals surface area contributed by atoms with E-state index in [-0.39, 0.29) is 30.9 Å². The average Bonchev–Trinajstić information content (AvgIpc) is 2.57. The van der Waals surface area contributed by atoms with E-state index in [0.29, 0.717) is 5.92 Å². The summed E-state index contributed by atoms with van der Waals surface area (Å²) in [7, 11) is 1.80. The lowest BCUT2D eigenvalue weighted by atomic mass is 9.86. The van der Waals surface area contributed by atoms with Crippen molar-refractivity contribution >= 4 is 29.3 Å². The van der Waals surface area contributed by atoms with Crippen molar-refractivity contribution in [2.24, 2.45) is 5.92 Å². The van der Waals surface area contributed by atoms with Gasteiger partial charge in [0.2, 0.25) is 11.8 Å². The summed E-state index contributed by atoms with van der Waals surface area (Å²) in [6.45, 7) is 2.63. The van der Waals surface area contributed by atoms with Crippen LogP contribution in [0.5, 0.6) is 0 Å². The zero-order chi connectivity index (χ0) is 18.2. The molecule has 2 amide bonds. The third kappa shape index (κ3) is 6.36. The van der Waals surface area contributed by atoms with Crippen molar-refractivity contribution in [3.63, 3.8) is 0 Å². The van der Waals surface area contributed by atoms with Crippen LogP contribution in [-0.4, -0.2) is 49.1 Å². The number of carbonyl (C=O) groups is 2. The second-order valence-electron chi connectivity index (χ2n) is 6.86. The molecule has 1 aromatic carbocycles. The number of amides is 2. The molecule has 2 N–H and O–H groups in total. The van der Waals surface area contributed by atoms with Crippen LogP contribution in [0.2, 0.25) is 0 Å². The predicted molar refractivity (Wildman–Crippen MR) is 104 cm³/mol. The van der Waals surface area contributed by atoms with E-state index in [2.05, 4.69) is 17.6 Å². The standard InChI is InChI=1S/C19H29N3O2S/c1-14-8-4-5-9-15(14)20-18(23)12-22(2)13-19(24)21-16-10-6-7-11-17(16)25-3/h6-7,10-11,14-15H,4-5,8-9,12-13H2,1-3H3,(H,20,23)(H,21,24)/t14-,15+/m1/s1. The molecule has 1 saturated carbocycles. The molecule has 1 aliphatic rings. The molecule has 0 aromatic heterocycles. The molecule has 1 fully saturated rings. The van der Waals surface area contributed by atoms with Gasteiger partial charge < -0.3 is 10.6 Å². The first kappa shape index (κ1) is 19.8. The Labute approximate surface area is 154 Å². The highest BCUT2D eigenvalue weighted by Gasteiger charge is 2.23. The number of benzene rings is 1. The second kappa shape index (κ2) is 9.82. The molecule has 0 spiro atoms. The number of thioether (sulfide) groups is 1. The Bertz CT molecular complexity index is 594. The molecule has 0 aliphatic heterocycles.